The summed E-state index contributed by atoms with van der Waals surface area (Å²) in [5, 5.41) is 2.62. The second kappa shape index (κ2) is 10.0. The third kappa shape index (κ3) is 5.36. The van der Waals surface area contributed by atoms with Gasteiger partial charge in [-0.2, -0.15) is 0 Å². The van der Waals surface area contributed by atoms with Crippen LogP contribution in [0.3, 0.4) is 0 Å². The molecule has 158 valence electrons. The molecule has 2 aliphatic rings. The minimum absolute atomic E-state index is 0.945. The standard InChI is InChI=1S/C28H40O/c1-3-4-21-7-12-24(13-8-21)25-14-9-22(10-15-25)5-6-23-11-16-27-20-28(29-2)18-17-26(27)19-23/h11,16-22,24-25H,3-10,12-15H2,1-2H3. The van der Waals surface area contributed by atoms with Crippen LogP contribution in [0.15, 0.2) is 36.4 Å². The molecule has 0 aromatic heterocycles. The van der Waals surface area contributed by atoms with Gasteiger partial charge in [-0.05, 0) is 90.7 Å². The highest BCUT2D eigenvalue weighted by atomic mass is 16.5. The molecule has 0 aliphatic heterocycles. The fourth-order valence-electron chi connectivity index (χ4n) is 6.23. The smallest absolute Gasteiger partial charge is 0.119 e. The number of methoxy groups -OCH3 is 1. The van der Waals surface area contributed by atoms with Crippen molar-refractivity contribution < 1.29 is 4.74 Å². The second-order valence-electron chi connectivity index (χ2n) is 9.94. The Labute approximate surface area is 178 Å². The number of rotatable bonds is 7. The SMILES string of the molecule is CCCC1CCC(C2CCC(CCc3ccc4cc(OC)ccc4c3)CC2)CC1. The van der Waals surface area contributed by atoms with Gasteiger partial charge in [0.2, 0.25) is 0 Å². The summed E-state index contributed by atoms with van der Waals surface area (Å²) in [5.74, 6) is 5.05. The van der Waals surface area contributed by atoms with Crippen LogP contribution >= 0.6 is 0 Å². The third-order valence-corrected chi connectivity index (χ3v) is 8.10. The molecule has 0 unspecified atom stereocenters. The normalized spacial score (nSPS) is 27.8. The zero-order valence-corrected chi connectivity index (χ0v) is 18.7. The van der Waals surface area contributed by atoms with Crippen LogP contribution in [0.4, 0.5) is 0 Å². The fraction of sp³-hybridized carbons (Fsp3) is 0.643. The van der Waals surface area contributed by atoms with E-state index in [0.29, 0.717) is 0 Å². The number of hydrogen-bond donors (Lipinski definition) is 0. The van der Waals surface area contributed by atoms with E-state index in [2.05, 4.69) is 43.3 Å². The van der Waals surface area contributed by atoms with E-state index in [1.165, 1.54) is 93.4 Å². The van der Waals surface area contributed by atoms with Gasteiger partial charge in [-0.3, -0.25) is 0 Å². The van der Waals surface area contributed by atoms with Gasteiger partial charge in [-0.1, -0.05) is 69.7 Å². The first kappa shape index (κ1) is 20.8. The van der Waals surface area contributed by atoms with E-state index >= 15 is 0 Å². The molecule has 0 saturated heterocycles. The van der Waals surface area contributed by atoms with E-state index in [0.717, 1.165) is 29.4 Å². The Balaban J connectivity index is 1.22. The molecular weight excluding hydrogens is 352 g/mol. The highest BCUT2D eigenvalue weighted by molar-refractivity contribution is 5.84. The lowest BCUT2D eigenvalue weighted by Crippen LogP contribution is -2.26. The van der Waals surface area contributed by atoms with Crippen molar-refractivity contribution in [1.29, 1.82) is 0 Å². The number of hydrogen-bond acceptors (Lipinski definition) is 1. The maximum absolute atomic E-state index is 5.35. The monoisotopic (exact) mass is 392 g/mol. The molecule has 4 rings (SSSR count). The summed E-state index contributed by atoms with van der Waals surface area (Å²) in [7, 11) is 1.74. The van der Waals surface area contributed by atoms with Crippen LogP contribution in [0.1, 0.15) is 83.1 Å². The fourth-order valence-corrected chi connectivity index (χ4v) is 6.23. The first-order valence-electron chi connectivity index (χ1n) is 12.3. The van der Waals surface area contributed by atoms with Crippen LogP contribution < -0.4 is 4.74 Å². The molecule has 1 heteroatoms. The Morgan fingerprint density at radius 3 is 1.93 bits per heavy atom. The second-order valence-corrected chi connectivity index (χ2v) is 9.94. The van der Waals surface area contributed by atoms with Crippen molar-refractivity contribution in [1.82, 2.24) is 0 Å². The molecule has 29 heavy (non-hydrogen) atoms. The molecular formula is C28H40O. The van der Waals surface area contributed by atoms with Crippen molar-refractivity contribution in [3.63, 3.8) is 0 Å². The van der Waals surface area contributed by atoms with Crippen molar-refractivity contribution in [3.8, 4) is 5.75 Å². The predicted molar refractivity (Wildman–Crippen MR) is 125 cm³/mol. The minimum atomic E-state index is 0.945. The highest BCUT2D eigenvalue weighted by Crippen LogP contribution is 2.43. The quantitative estimate of drug-likeness (QED) is 0.461. The molecule has 2 aliphatic carbocycles. The Morgan fingerprint density at radius 2 is 1.31 bits per heavy atom. The molecule has 0 bridgehead atoms. The summed E-state index contributed by atoms with van der Waals surface area (Å²) in [6.45, 7) is 2.35. The maximum atomic E-state index is 5.35. The molecule has 0 radical (unpaired) electrons. The summed E-state index contributed by atoms with van der Waals surface area (Å²) in [6.07, 6.45) is 17.5. The Kier molecular flexibility index (Phi) is 7.16. The largest absolute Gasteiger partial charge is 0.497 e. The van der Waals surface area contributed by atoms with Crippen LogP contribution in [-0.2, 0) is 6.42 Å². The van der Waals surface area contributed by atoms with Crippen molar-refractivity contribution >= 4 is 10.8 Å². The van der Waals surface area contributed by atoms with Crippen molar-refractivity contribution in [2.45, 2.75) is 84.0 Å². The zero-order valence-electron chi connectivity index (χ0n) is 18.7. The molecule has 0 spiro atoms. The summed E-state index contributed by atoms with van der Waals surface area (Å²) < 4.78 is 5.35. The maximum Gasteiger partial charge on any atom is 0.119 e. The van der Waals surface area contributed by atoms with E-state index < -0.39 is 0 Å². The van der Waals surface area contributed by atoms with Gasteiger partial charge in [0.05, 0.1) is 7.11 Å². The topological polar surface area (TPSA) is 9.23 Å². The molecule has 0 heterocycles. The van der Waals surface area contributed by atoms with Gasteiger partial charge in [0.15, 0.2) is 0 Å². The van der Waals surface area contributed by atoms with Gasteiger partial charge in [-0.15, -0.1) is 0 Å². The first-order chi connectivity index (χ1) is 14.2. The first-order valence-corrected chi connectivity index (χ1v) is 12.3. The summed E-state index contributed by atoms with van der Waals surface area (Å²) in [4.78, 5) is 0. The average Bonchev–Trinajstić information content (AvgIpc) is 2.78. The van der Waals surface area contributed by atoms with Crippen LogP contribution in [0.5, 0.6) is 5.75 Å². The molecule has 1 nitrogen and oxygen atoms in total. The van der Waals surface area contributed by atoms with Crippen molar-refractivity contribution in [2.24, 2.45) is 23.7 Å². The lowest BCUT2D eigenvalue weighted by atomic mass is 9.68. The summed E-state index contributed by atoms with van der Waals surface area (Å²) >= 11 is 0. The molecule has 2 fully saturated rings. The number of fused-ring (bicyclic) bond motifs is 1. The summed E-state index contributed by atoms with van der Waals surface area (Å²) in [5.41, 5.74) is 1.50. The molecule has 2 saturated carbocycles. The van der Waals surface area contributed by atoms with Crippen molar-refractivity contribution in [2.75, 3.05) is 7.11 Å². The molecule has 0 atom stereocenters. The molecule has 2 aromatic carbocycles. The van der Waals surface area contributed by atoms with Gasteiger partial charge in [0, 0.05) is 0 Å². The van der Waals surface area contributed by atoms with Crippen molar-refractivity contribution in [3.05, 3.63) is 42.0 Å². The van der Waals surface area contributed by atoms with Gasteiger partial charge >= 0.3 is 0 Å². The van der Waals surface area contributed by atoms with E-state index in [1.54, 1.807) is 7.11 Å². The third-order valence-electron chi connectivity index (χ3n) is 8.10. The zero-order chi connectivity index (χ0) is 20.1. The molecule has 2 aromatic rings. The summed E-state index contributed by atoms with van der Waals surface area (Å²) in [6, 6.07) is 13.4. The number of ether oxygens (including phenoxy) is 1. The minimum Gasteiger partial charge on any atom is -0.497 e. The van der Waals surface area contributed by atoms with Gasteiger partial charge in [0.1, 0.15) is 5.75 Å². The van der Waals surface area contributed by atoms with E-state index in [-0.39, 0.29) is 0 Å². The van der Waals surface area contributed by atoms with Gasteiger partial charge in [0.25, 0.3) is 0 Å². The van der Waals surface area contributed by atoms with Crippen LogP contribution in [0.2, 0.25) is 0 Å². The average molecular weight is 393 g/mol. The van der Waals surface area contributed by atoms with E-state index in [9.17, 15) is 0 Å². The van der Waals surface area contributed by atoms with Gasteiger partial charge in [-0.25, -0.2) is 0 Å². The predicted octanol–water partition coefficient (Wildman–Crippen LogP) is 8.19. The lowest BCUT2D eigenvalue weighted by molar-refractivity contribution is 0.141. The van der Waals surface area contributed by atoms with Crippen LogP contribution in [-0.4, -0.2) is 7.11 Å². The van der Waals surface area contributed by atoms with Crippen LogP contribution in [0.25, 0.3) is 10.8 Å². The Hall–Kier alpha value is -1.50. The molecule has 0 N–H and O–H groups in total. The Morgan fingerprint density at radius 1 is 0.724 bits per heavy atom. The number of aryl methyl sites for hydroxylation is 1. The van der Waals surface area contributed by atoms with E-state index in [1.807, 2.05) is 0 Å². The van der Waals surface area contributed by atoms with E-state index in [4.69, 9.17) is 4.74 Å². The highest BCUT2D eigenvalue weighted by Gasteiger charge is 2.30. The molecule has 0 amide bonds. The van der Waals surface area contributed by atoms with Crippen LogP contribution in [0, 0.1) is 23.7 Å². The Bertz CT molecular complexity index is 763. The van der Waals surface area contributed by atoms with Gasteiger partial charge < -0.3 is 4.74 Å². The lowest BCUT2D eigenvalue weighted by Gasteiger charge is -2.38. The number of benzene rings is 2.